The molecule has 0 aliphatic carbocycles. The Kier molecular flexibility index (Phi) is 7.04. The first-order valence-corrected chi connectivity index (χ1v) is 8.41. The summed E-state index contributed by atoms with van der Waals surface area (Å²) in [7, 11) is 0. The highest BCUT2D eigenvalue weighted by molar-refractivity contribution is 5.29. The lowest BCUT2D eigenvalue weighted by Gasteiger charge is -2.27. The fourth-order valence-corrected chi connectivity index (χ4v) is 2.86. The molecule has 1 aliphatic heterocycles. The third-order valence-electron chi connectivity index (χ3n) is 3.98. The van der Waals surface area contributed by atoms with E-state index in [0.717, 1.165) is 38.3 Å². The van der Waals surface area contributed by atoms with Crippen molar-refractivity contribution >= 4 is 0 Å². The Labute approximate surface area is 129 Å². The first-order valence-electron chi connectivity index (χ1n) is 8.41. The minimum absolute atomic E-state index is 0.373. The fraction of sp³-hybridized carbons (Fsp3) is 0.667. The van der Waals surface area contributed by atoms with Gasteiger partial charge in [-0.2, -0.15) is 0 Å². The third kappa shape index (κ3) is 5.33. The van der Waals surface area contributed by atoms with Gasteiger partial charge in [-0.05, 0) is 56.3 Å². The average molecular weight is 291 g/mol. The molecule has 0 bridgehead atoms. The standard InChI is InChI=1S/C18H29NO2/c1-3-12-20-16-10-8-15(9-11-16)18(19-4-2)14-17-7-5-6-13-21-17/h8-11,17-19H,3-7,12-14H2,1-2H3. The average Bonchev–Trinajstić information content (AvgIpc) is 2.54. The predicted molar refractivity (Wildman–Crippen MR) is 86.9 cm³/mol. The molecule has 2 atom stereocenters. The number of rotatable bonds is 8. The van der Waals surface area contributed by atoms with Crippen LogP contribution in [0.4, 0.5) is 0 Å². The predicted octanol–water partition coefficient (Wildman–Crippen LogP) is 4.09. The van der Waals surface area contributed by atoms with E-state index in [0.29, 0.717) is 12.1 Å². The lowest BCUT2D eigenvalue weighted by atomic mass is 9.96. The Hall–Kier alpha value is -1.06. The molecule has 0 aromatic heterocycles. The second kappa shape index (κ2) is 9.06. The van der Waals surface area contributed by atoms with E-state index in [4.69, 9.17) is 9.47 Å². The Bertz CT molecular complexity index is 385. The number of ether oxygens (including phenoxy) is 2. The summed E-state index contributed by atoms with van der Waals surface area (Å²) < 4.78 is 11.5. The summed E-state index contributed by atoms with van der Waals surface area (Å²) in [6.45, 7) is 6.97. The summed E-state index contributed by atoms with van der Waals surface area (Å²) in [6, 6.07) is 8.90. The third-order valence-corrected chi connectivity index (χ3v) is 3.98. The lowest BCUT2D eigenvalue weighted by molar-refractivity contribution is 0.00514. The maximum absolute atomic E-state index is 5.89. The summed E-state index contributed by atoms with van der Waals surface area (Å²) >= 11 is 0. The Morgan fingerprint density at radius 1 is 1.24 bits per heavy atom. The lowest BCUT2D eigenvalue weighted by Crippen LogP contribution is -2.28. The molecule has 0 saturated carbocycles. The first-order chi connectivity index (χ1) is 10.3. The second-order valence-corrected chi connectivity index (χ2v) is 5.75. The molecular formula is C18H29NO2. The number of hydrogen-bond acceptors (Lipinski definition) is 3. The minimum Gasteiger partial charge on any atom is -0.494 e. The van der Waals surface area contributed by atoms with Crippen LogP contribution in [0.3, 0.4) is 0 Å². The van der Waals surface area contributed by atoms with E-state index in [9.17, 15) is 0 Å². The van der Waals surface area contributed by atoms with Crippen molar-refractivity contribution in [1.29, 1.82) is 0 Å². The van der Waals surface area contributed by atoms with Gasteiger partial charge in [-0.3, -0.25) is 0 Å². The fourth-order valence-electron chi connectivity index (χ4n) is 2.86. The van der Waals surface area contributed by atoms with E-state index >= 15 is 0 Å². The molecule has 3 nitrogen and oxygen atoms in total. The van der Waals surface area contributed by atoms with Gasteiger partial charge in [-0.25, -0.2) is 0 Å². The summed E-state index contributed by atoms with van der Waals surface area (Å²) in [5, 5.41) is 3.59. The SMILES string of the molecule is CCCOc1ccc(C(CC2CCCCO2)NCC)cc1. The van der Waals surface area contributed by atoms with Crippen LogP contribution >= 0.6 is 0 Å². The molecule has 1 aromatic carbocycles. The zero-order valence-corrected chi connectivity index (χ0v) is 13.4. The molecule has 2 rings (SSSR count). The van der Waals surface area contributed by atoms with Gasteiger partial charge in [0.25, 0.3) is 0 Å². The van der Waals surface area contributed by atoms with Crippen molar-refractivity contribution in [3.8, 4) is 5.75 Å². The van der Waals surface area contributed by atoms with Crippen LogP contribution in [-0.2, 0) is 4.74 Å². The molecule has 3 heteroatoms. The number of benzene rings is 1. The van der Waals surface area contributed by atoms with E-state index in [1.807, 2.05) is 0 Å². The quantitative estimate of drug-likeness (QED) is 0.782. The van der Waals surface area contributed by atoms with Crippen LogP contribution in [0.1, 0.15) is 57.6 Å². The van der Waals surface area contributed by atoms with Crippen molar-refractivity contribution in [1.82, 2.24) is 5.32 Å². The molecule has 1 aromatic rings. The van der Waals surface area contributed by atoms with E-state index in [2.05, 4.69) is 43.4 Å². The van der Waals surface area contributed by atoms with Crippen molar-refractivity contribution in [3.63, 3.8) is 0 Å². The Morgan fingerprint density at radius 2 is 2.05 bits per heavy atom. The monoisotopic (exact) mass is 291 g/mol. The molecule has 0 spiro atoms. The van der Waals surface area contributed by atoms with Crippen molar-refractivity contribution in [3.05, 3.63) is 29.8 Å². The van der Waals surface area contributed by atoms with Gasteiger partial charge < -0.3 is 14.8 Å². The molecule has 1 saturated heterocycles. The Balaban J connectivity index is 1.95. The molecule has 1 aliphatic rings. The summed E-state index contributed by atoms with van der Waals surface area (Å²) in [5.74, 6) is 0.963. The largest absolute Gasteiger partial charge is 0.494 e. The summed E-state index contributed by atoms with van der Waals surface area (Å²) in [5.41, 5.74) is 1.33. The first kappa shape index (κ1) is 16.3. The zero-order chi connectivity index (χ0) is 14.9. The number of hydrogen-bond donors (Lipinski definition) is 1. The summed E-state index contributed by atoms with van der Waals surface area (Å²) in [4.78, 5) is 0. The van der Waals surface area contributed by atoms with Gasteiger partial charge in [0.1, 0.15) is 5.75 Å². The van der Waals surface area contributed by atoms with Crippen molar-refractivity contribution < 1.29 is 9.47 Å². The van der Waals surface area contributed by atoms with E-state index in [1.54, 1.807) is 0 Å². The minimum atomic E-state index is 0.373. The molecule has 118 valence electrons. The second-order valence-electron chi connectivity index (χ2n) is 5.75. The van der Waals surface area contributed by atoms with Gasteiger partial charge in [0.05, 0.1) is 12.7 Å². The smallest absolute Gasteiger partial charge is 0.119 e. The summed E-state index contributed by atoms with van der Waals surface area (Å²) in [6.07, 6.45) is 6.21. The highest BCUT2D eigenvalue weighted by atomic mass is 16.5. The van der Waals surface area contributed by atoms with Crippen molar-refractivity contribution in [2.75, 3.05) is 19.8 Å². The molecule has 1 heterocycles. The van der Waals surface area contributed by atoms with E-state index in [1.165, 1.54) is 24.8 Å². The maximum atomic E-state index is 5.89. The van der Waals surface area contributed by atoms with Crippen LogP contribution in [0.25, 0.3) is 0 Å². The van der Waals surface area contributed by atoms with Gasteiger partial charge in [0.15, 0.2) is 0 Å². The Morgan fingerprint density at radius 3 is 2.67 bits per heavy atom. The maximum Gasteiger partial charge on any atom is 0.119 e. The normalized spacial score (nSPS) is 20.2. The molecule has 21 heavy (non-hydrogen) atoms. The highest BCUT2D eigenvalue weighted by Gasteiger charge is 2.20. The van der Waals surface area contributed by atoms with Crippen molar-refractivity contribution in [2.24, 2.45) is 0 Å². The van der Waals surface area contributed by atoms with Crippen LogP contribution in [0, 0.1) is 0 Å². The van der Waals surface area contributed by atoms with Crippen LogP contribution < -0.4 is 10.1 Å². The topological polar surface area (TPSA) is 30.5 Å². The molecular weight excluding hydrogens is 262 g/mol. The molecule has 1 N–H and O–H groups in total. The van der Waals surface area contributed by atoms with Crippen molar-refractivity contribution in [2.45, 2.75) is 58.1 Å². The van der Waals surface area contributed by atoms with Crippen LogP contribution in [-0.4, -0.2) is 25.9 Å². The van der Waals surface area contributed by atoms with E-state index < -0.39 is 0 Å². The highest BCUT2D eigenvalue weighted by Crippen LogP contribution is 2.26. The number of nitrogens with one attached hydrogen (secondary N) is 1. The van der Waals surface area contributed by atoms with Gasteiger partial charge in [-0.15, -0.1) is 0 Å². The molecule has 1 fully saturated rings. The van der Waals surface area contributed by atoms with Crippen LogP contribution in [0.5, 0.6) is 5.75 Å². The zero-order valence-electron chi connectivity index (χ0n) is 13.4. The van der Waals surface area contributed by atoms with Gasteiger partial charge in [0.2, 0.25) is 0 Å². The molecule has 0 amide bonds. The molecule has 0 radical (unpaired) electrons. The van der Waals surface area contributed by atoms with Gasteiger partial charge in [-0.1, -0.05) is 26.0 Å². The van der Waals surface area contributed by atoms with Crippen LogP contribution in [0.15, 0.2) is 24.3 Å². The molecule has 2 unspecified atom stereocenters. The van der Waals surface area contributed by atoms with Gasteiger partial charge in [0, 0.05) is 12.6 Å². The van der Waals surface area contributed by atoms with Crippen LogP contribution in [0.2, 0.25) is 0 Å². The van der Waals surface area contributed by atoms with Gasteiger partial charge >= 0.3 is 0 Å². The van der Waals surface area contributed by atoms with E-state index in [-0.39, 0.29) is 0 Å².